The topological polar surface area (TPSA) is 60.2 Å². The van der Waals surface area contributed by atoms with Crippen molar-refractivity contribution in [3.8, 4) is 67.8 Å². The van der Waals surface area contributed by atoms with Gasteiger partial charge in [0.2, 0.25) is 0 Å². The molecule has 0 aliphatic carbocycles. The molecule has 312 valence electrons. The summed E-state index contributed by atoms with van der Waals surface area (Å²) in [5.41, 5.74) is 10.7. The minimum absolute atomic E-state index is 0. The number of benzene rings is 6. The van der Waals surface area contributed by atoms with Crippen LogP contribution in [0.4, 0.5) is 13.2 Å². The molecule has 9 heteroatoms. The molecule has 1 aliphatic rings. The maximum Gasteiger partial charge on any atom is 0.418 e. The summed E-state index contributed by atoms with van der Waals surface area (Å²) in [6.07, 6.45) is -3.69. The van der Waals surface area contributed by atoms with Crippen molar-refractivity contribution in [1.29, 1.82) is 0 Å². The first kappa shape index (κ1) is 42.0. The molecule has 0 fully saturated rings. The number of aryl methyl sites for hydroxylation is 3. The Kier molecular flexibility index (Phi) is 10.1. The fourth-order valence-corrected chi connectivity index (χ4v) is 8.65. The molecule has 2 aromatic heterocycles. The number of aromatic hydroxyl groups is 1. The summed E-state index contributed by atoms with van der Waals surface area (Å²) >= 11 is 0. The van der Waals surface area contributed by atoms with E-state index in [1.165, 1.54) is 6.07 Å². The van der Waals surface area contributed by atoms with Crippen LogP contribution in [0.1, 0.15) is 74.9 Å². The van der Waals surface area contributed by atoms with Crippen LogP contribution < -0.4 is 4.74 Å². The first-order chi connectivity index (χ1) is 28.3. The largest absolute Gasteiger partial charge is 0.507 e. The summed E-state index contributed by atoms with van der Waals surface area (Å²) in [6, 6.07) is 35.1. The summed E-state index contributed by atoms with van der Waals surface area (Å²) in [5, 5.41) is 12.7. The van der Waals surface area contributed by atoms with Crippen LogP contribution in [-0.2, 0) is 38.1 Å². The van der Waals surface area contributed by atoms with E-state index in [9.17, 15) is 18.3 Å². The third kappa shape index (κ3) is 7.03. The van der Waals surface area contributed by atoms with E-state index >= 15 is 0 Å². The van der Waals surface area contributed by atoms with Gasteiger partial charge in [0.15, 0.2) is 0 Å². The van der Waals surface area contributed by atoms with Crippen LogP contribution >= 0.6 is 0 Å². The van der Waals surface area contributed by atoms with Gasteiger partial charge in [0.05, 0.1) is 33.6 Å². The van der Waals surface area contributed by atoms with Gasteiger partial charge in [-0.25, -0.2) is 4.98 Å². The Morgan fingerprint density at radius 3 is 2.13 bits per heavy atom. The van der Waals surface area contributed by atoms with Crippen molar-refractivity contribution in [2.45, 2.75) is 79.3 Å². The van der Waals surface area contributed by atoms with Gasteiger partial charge < -0.3 is 9.84 Å². The van der Waals surface area contributed by atoms with Crippen LogP contribution in [-0.4, -0.2) is 19.6 Å². The van der Waals surface area contributed by atoms with Crippen molar-refractivity contribution in [3.63, 3.8) is 0 Å². The number of pyridine rings is 1. The Labute approximate surface area is 368 Å². The van der Waals surface area contributed by atoms with Gasteiger partial charge in [-0.2, -0.15) is 13.2 Å². The zero-order valence-electron chi connectivity index (χ0n) is 35.5. The first-order valence-corrected chi connectivity index (χ1v) is 20.1. The number of fused-ring (bicyclic) bond motifs is 3. The minimum Gasteiger partial charge on any atom is -0.507 e. The predicted molar refractivity (Wildman–Crippen MR) is 235 cm³/mol. The van der Waals surface area contributed by atoms with E-state index in [4.69, 9.17) is 9.72 Å². The van der Waals surface area contributed by atoms with Gasteiger partial charge in [0.25, 0.3) is 0 Å². The number of aromatic nitrogens is 3. The van der Waals surface area contributed by atoms with E-state index in [2.05, 4.69) is 107 Å². The Morgan fingerprint density at radius 2 is 1.44 bits per heavy atom. The Hall–Kier alpha value is -5.72. The zero-order valence-corrected chi connectivity index (χ0v) is 37.7. The number of phenols is 1. The Bertz CT molecular complexity index is 3060. The van der Waals surface area contributed by atoms with E-state index in [0.29, 0.717) is 50.6 Å². The smallest absolute Gasteiger partial charge is 0.418 e. The number of nitrogens with zero attached hydrogens (tertiary/aromatic N) is 3. The van der Waals surface area contributed by atoms with Crippen LogP contribution in [0, 0.1) is 26.8 Å². The molecule has 0 saturated carbocycles. The van der Waals surface area contributed by atoms with Gasteiger partial charge >= 0.3 is 6.18 Å². The molecule has 0 amide bonds. The van der Waals surface area contributed by atoms with Crippen molar-refractivity contribution < 1.29 is 44.1 Å². The predicted octanol–water partition coefficient (Wildman–Crippen LogP) is 14.4. The molecule has 6 aromatic carbocycles. The zero-order chi connectivity index (χ0) is 42.6. The monoisotopic (exact) mass is 995 g/mol. The molecular formula is C52H45F3N3O2Pt-. The van der Waals surface area contributed by atoms with Gasteiger partial charge in [-0.3, -0.25) is 9.55 Å². The average Bonchev–Trinajstić information content (AvgIpc) is 3.56. The van der Waals surface area contributed by atoms with Crippen molar-refractivity contribution in [2.75, 3.05) is 0 Å². The van der Waals surface area contributed by atoms with Gasteiger partial charge in [-0.05, 0) is 71.0 Å². The van der Waals surface area contributed by atoms with E-state index in [1.807, 2.05) is 49.4 Å². The van der Waals surface area contributed by atoms with Crippen LogP contribution in [0.2, 0.25) is 0 Å². The van der Waals surface area contributed by atoms with Crippen molar-refractivity contribution in [2.24, 2.45) is 0 Å². The summed E-state index contributed by atoms with van der Waals surface area (Å²) in [7, 11) is 0. The second-order valence-electron chi connectivity index (χ2n) is 18.1. The second-order valence-corrected chi connectivity index (χ2v) is 18.1. The van der Waals surface area contributed by atoms with E-state index < -0.39 is 11.7 Å². The average molecular weight is 996 g/mol. The standard InChI is InChI=1S/C52H45F3N3O2.Pt/c1-28-21-29(2)46(36(22-28)31-15-11-10-12-16-31)58-41-19-13-17-34(44(41)57-49(58)38-25-33(50(4,5)6)26-39(47(38)59)51(7,8)9)32-23-30(3)48-37(24-32)45-43-35(18-14-20-42(43)60-48)40(27-56-45)52(53,54)55;/h10-23,25-27,59H,1-9H3;/q-1;. The van der Waals surface area contributed by atoms with Gasteiger partial charge in [-0.1, -0.05) is 137 Å². The molecular weight excluding hydrogens is 951 g/mol. The molecule has 8 aromatic rings. The van der Waals surface area contributed by atoms with Crippen molar-refractivity contribution in [1.82, 2.24) is 14.5 Å². The van der Waals surface area contributed by atoms with Crippen molar-refractivity contribution in [3.05, 3.63) is 143 Å². The van der Waals surface area contributed by atoms with E-state index in [-0.39, 0.29) is 43.0 Å². The Morgan fingerprint density at radius 1 is 0.721 bits per heavy atom. The van der Waals surface area contributed by atoms with E-state index in [1.54, 1.807) is 12.1 Å². The Balaban J connectivity index is 0.00000514. The molecule has 3 heterocycles. The molecule has 0 bridgehead atoms. The van der Waals surface area contributed by atoms with Crippen LogP contribution in [0.5, 0.6) is 17.2 Å². The molecule has 1 N–H and O–H groups in total. The fourth-order valence-electron chi connectivity index (χ4n) is 8.65. The number of phenolic OH excluding ortho intramolecular Hbond substituents is 1. The van der Waals surface area contributed by atoms with Crippen molar-refractivity contribution >= 4 is 21.8 Å². The molecule has 9 rings (SSSR count). The van der Waals surface area contributed by atoms with Gasteiger partial charge in [0.1, 0.15) is 17.3 Å². The molecule has 1 aliphatic heterocycles. The maximum atomic E-state index is 14.2. The number of para-hydroxylation sites is 1. The number of alkyl halides is 3. The number of rotatable bonds is 4. The number of ether oxygens (including phenoxy) is 1. The molecule has 5 nitrogen and oxygen atoms in total. The molecule has 0 spiro atoms. The number of hydrogen-bond acceptors (Lipinski definition) is 4. The third-order valence-electron chi connectivity index (χ3n) is 11.6. The van der Waals surface area contributed by atoms with Gasteiger partial charge in [0, 0.05) is 49.5 Å². The van der Waals surface area contributed by atoms with Crippen LogP contribution in [0.25, 0.3) is 72.4 Å². The third-order valence-corrected chi connectivity index (χ3v) is 11.6. The van der Waals surface area contributed by atoms with Crippen LogP contribution in [0.3, 0.4) is 0 Å². The SMILES string of the molecule is Cc1cc(C)c(-n2c(-c3cc(C(C)(C)C)cc(C(C)(C)C)c3O)nc3c(-c4[c-]c5c(c(C)c4)Oc4cccc6c(C(F)(F)F)cnc-5c46)cccc32)c(-c2ccccc2)c1.[Pt]. The van der Waals surface area contributed by atoms with Gasteiger partial charge in [-0.15, -0.1) is 17.7 Å². The fraction of sp³-hybridized carbons (Fsp3) is 0.231. The maximum absolute atomic E-state index is 14.2. The normalized spacial score (nSPS) is 12.7. The second kappa shape index (κ2) is 14.7. The molecule has 0 unspecified atom stereocenters. The summed E-state index contributed by atoms with van der Waals surface area (Å²) in [5.74, 6) is 1.56. The molecule has 61 heavy (non-hydrogen) atoms. The minimum atomic E-state index is -4.59. The number of halogens is 3. The number of hydrogen-bond donors (Lipinski definition) is 1. The summed E-state index contributed by atoms with van der Waals surface area (Å²) < 4.78 is 51.2. The summed E-state index contributed by atoms with van der Waals surface area (Å²) in [6.45, 7) is 18.9. The first-order valence-electron chi connectivity index (χ1n) is 20.1. The molecule has 0 saturated heterocycles. The van der Waals surface area contributed by atoms with Crippen LogP contribution in [0.15, 0.2) is 103 Å². The number of imidazole rings is 1. The molecule has 0 atom stereocenters. The molecule has 0 radical (unpaired) electrons. The summed E-state index contributed by atoms with van der Waals surface area (Å²) in [4.78, 5) is 9.93. The quantitative estimate of drug-likeness (QED) is 0.179. The van der Waals surface area contributed by atoms with E-state index in [0.717, 1.165) is 61.9 Å².